The van der Waals surface area contributed by atoms with Gasteiger partial charge in [0.05, 0.1) is 5.69 Å². The third-order valence-electron chi connectivity index (χ3n) is 2.82. The van der Waals surface area contributed by atoms with Gasteiger partial charge in [-0.2, -0.15) is 0 Å². The Labute approximate surface area is 125 Å². The van der Waals surface area contributed by atoms with Crippen molar-refractivity contribution in [2.45, 2.75) is 13.0 Å². The highest BCUT2D eigenvalue weighted by Gasteiger charge is 2.22. The van der Waals surface area contributed by atoms with Gasteiger partial charge in [-0.05, 0) is 26.1 Å². The van der Waals surface area contributed by atoms with Crippen LogP contribution in [0.2, 0.25) is 0 Å². The smallest absolute Gasteiger partial charge is 0.328 e. The molecule has 1 heterocycles. The van der Waals surface area contributed by atoms with E-state index in [9.17, 15) is 9.90 Å². The van der Waals surface area contributed by atoms with Gasteiger partial charge in [0.25, 0.3) is 0 Å². The minimum Gasteiger partial charge on any atom is -0.480 e. The average molecular weight is 336 g/mol. The number of aliphatic carboxylic acids is 1. The lowest BCUT2D eigenvalue weighted by Gasteiger charge is -2.12. The second-order valence-corrected chi connectivity index (χ2v) is 5.15. The van der Waals surface area contributed by atoms with Crippen LogP contribution in [-0.4, -0.2) is 28.1 Å². The van der Waals surface area contributed by atoms with Gasteiger partial charge in [0, 0.05) is 15.7 Å². The predicted octanol–water partition coefficient (Wildman–Crippen LogP) is 2.56. The molecule has 0 aliphatic carbocycles. The Kier molecular flexibility index (Phi) is 4.46. The summed E-state index contributed by atoms with van der Waals surface area (Å²) in [7, 11) is 1.57. The molecule has 0 spiro atoms. The van der Waals surface area contributed by atoms with E-state index in [0.29, 0.717) is 5.69 Å². The van der Waals surface area contributed by atoms with E-state index in [4.69, 9.17) is 0 Å². The van der Waals surface area contributed by atoms with Crippen LogP contribution in [0.4, 0.5) is 0 Å². The molecule has 0 radical (unpaired) electrons. The van der Waals surface area contributed by atoms with Gasteiger partial charge in [-0.3, -0.25) is 4.79 Å². The molecule has 0 saturated carbocycles. The van der Waals surface area contributed by atoms with Crippen molar-refractivity contribution in [1.29, 1.82) is 0 Å². The molecule has 104 valence electrons. The van der Waals surface area contributed by atoms with Crippen LogP contribution in [0.25, 0.3) is 11.3 Å². The van der Waals surface area contributed by atoms with Gasteiger partial charge in [0.15, 0.2) is 11.9 Å². The van der Waals surface area contributed by atoms with E-state index in [2.05, 4.69) is 31.2 Å². The minimum atomic E-state index is -1.00. The monoisotopic (exact) mass is 335 g/mol. The fourth-order valence-electron chi connectivity index (χ4n) is 1.89. The molecule has 0 amide bonds. The van der Waals surface area contributed by atoms with Crippen LogP contribution >= 0.6 is 15.9 Å². The Bertz CT molecular complexity index is 646. The van der Waals surface area contributed by atoms with Crippen molar-refractivity contribution in [2.24, 2.45) is 0 Å². The maximum Gasteiger partial charge on any atom is 0.328 e. The molecule has 20 heavy (non-hydrogen) atoms. The molecule has 1 aromatic heterocycles. The first-order valence-corrected chi connectivity index (χ1v) is 6.82. The van der Waals surface area contributed by atoms with E-state index < -0.39 is 12.0 Å². The molecule has 1 unspecified atom stereocenters. The number of carbonyl (C=O) groups is 1. The summed E-state index contributed by atoms with van der Waals surface area (Å²) >= 11 is 3.47. The summed E-state index contributed by atoms with van der Waals surface area (Å²) in [5.41, 5.74) is 2.32. The fraction of sp³-hybridized carbons (Fsp3) is 0.214. The van der Waals surface area contributed by atoms with Crippen LogP contribution in [0.3, 0.4) is 0 Å². The number of likely N-dealkylation sites (N-methyl/N-ethyl adjacent to an activating group) is 1. The molecular weight excluding hydrogens is 322 g/mol. The Morgan fingerprint density at radius 3 is 2.65 bits per heavy atom. The maximum atomic E-state index is 11.2. The van der Waals surface area contributed by atoms with Crippen molar-refractivity contribution < 1.29 is 9.90 Å². The van der Waals surface area contributed by atoms with Gasteiger partial charge in [-0.25, -0.2) is 9.97 Å². The zero-order chi connectivity index (χ0) is 14.7. The number of nitrogens with zero attached hydrogens (tertiary/aromatic N) is 2. The first kappa shape index (κ1) is 14.6. The van der Waals surface area contributed by atoms with Gasteiger partial charge in [0.1, 0.15) is 0 Å². The molecule has 0 aliphatic rings. The number of nitrogens with one attached hydrogen (secondary N) is 1. The van der Waals surface area contributed by atoms with E-state index in [0.717, 1.165) is 15.7 Å². The fourth-order valence-corrected chi connectivity index (χ4v) is 2.38. The Morgan fingerprint density at radius 1 is 1.35 bits per heavy atom. The molecule has 0 bridgehead atoms. The van der Waals surface area contributed by atoms with Crippen LogP contribution in [-0.2, 0) is 4.79 Å². The Morgan fingerprint density at radius 2 is 2.05 bits per heavy atom. The van der Waals surface area contributed by atoms with Crippen LogP contribution < -0.4 is 5.32 Å². The third kappa shape index (κ3) is 3.02. The number of hydrogen-bond donors (Lipinski definition) is 2. The van der Waals surface area contributed by atoms with Crippen LogP contribution in [0, 0.1) is 6.92 Å². The van der Waals surface area contributed by atoms with Crippen LogP contribution in [0.15, 0.2) is 34.8 Å². The van der Waals surface area contributed by atoms with Gasteiger partial charge in [0.2, 0.25) is 0 Å². The molecule has 6 heteroatoms. The summed E-state index contributed by atoms with van der Waals surface area (Å²) in [5.74, 6) is -0.748. The number of benzene rings is 1. The van der Waals surface area contributed by atoms with Gasteiger partial charge >= 0.3 is 5.97 Å². The second kappa shape index (κ2) is 6.11. The van der Waals surface area contributed by atoms with Crippen molar-refractivity contribution in [3.63, 3.8) is 0 Å². The van der Waals surface area contributed by atoms with E-state index in [1.807, 2.05) is 37.3 Å². The third-order valence-corrected chi connectivity index (χ3v) is 3.51. The topological polar surface area (TPSA) is 75.1 Å². The van der Waals surface area contributed by atoms with Gasteiger partial charge in [-0.1, -0.05) is 34.1 Å². The zero-order valence-corrected chi connectivity index (χ0v) is 12.7. The summed E-state index contributed by atoms with van der Waals surface area (Å²) < 4.78 is 0.903. The number of aryl methyl sites for hydroxylation is 1. The molecule has 0 fully saturated rings. The summed E-state index contributed by atoms with van der Waals surface area (Å²) in [4.78, 5) is 19.8. The average Bonchev–Trinajstić information content (AvgIpc) is 2.39. The lowest BCUT2D eigenvalue weighted by atomic mass is 10.1. The molecule has 2 rings (SSSR count). The van der Waals surface area contributed by atoms with E-state index in [1.54, 1.807) is 7.05 Å². The molecule has 1 aromatic carbocycles. The van der Waals surface area contributed by atoms with E-state index >= 15 is 0 Å². The second-order valence-electron chi connectivity index (χ2n) is 4.29. The number of halogens is 1. The van der Waals surface area contributed by atoms with Crippen molar-refractivity contribution in [1.82, 2.24) is 15.3 Å². The highest BCUT2D eigenvalue weighted by molar-refractivity contribution is 9.10. The first-order chi connectivity index (χ1) is 9.52. The Hall–Kier alpha value is -1.79. The molecule has 2 aromatic rings. The number of carboxylic acid groups (broad SMARTS) is 1. The van der Waals surface area contributed by atoms with Gasteiger partial charge in [-0.15, -0.1) is 0 Å². The zero-order valence-electron chi connectivity index (χ0n) is 11.1. The quantitative estimate of drug-likeness (QED) is 0.898. The summed E-state index contributed by atoms with van der Waals surface area (Å²) in [5, 5.41) is 11.9. The number of aromatic nitrogens is 2. The molecule has 0 aliphatic heterocycles. The van der Waals surface area contributed by atoms with Gasteiger partial charge < -0.3 is 10.4 Å². The molecular formula is C14H14BrN3O2. The summed E-state index contributed by atoms with van der Waals surface area (Å²) in [6.07, 6.45) is 0. The van der Waals surface area contributed by atoms with E-state index in [1.165, 1.54) is 0 Å². The number of hydrogen-bond acceptors (Lipinski definition) is 4. The Balaban J connectivity index is 2.54. The molecule has 0 saturated heterocycles. The SMILES string of the molecule is CNC(C(=O)O)c1nc(C)cc(-c2ccccc2Br)n1. The van der Waals surface area contributed by atoms with E-state index in [-0.39, 0.29) is 5.82 Å². The normalized spacial score (nSPS) is 12.2. The van der Waals surface area contributed by atoms with Crippen molar-refractivity contribution >= 4 is 21.9 Å². The number of carboxylic acids is 1. The van der Waals surface area contributed by atoms with Crippen molar-refractivity contribution in [3.8, 4) is 11.3 Å². The standard InChI is InChI=1S/C14H14BrN3O2/c1-8-7-11(9-5-3-4-6-10(9)15)18-13(17-8)12(16-2)14(19)20/h3-7,12,16H,1-2H3,(H,19,20). The summed E-state index contributed by atoms with van der Waals surface area (Å²) in [6.45, 7) is 1.82. The lowest BCUT2D eigenvalue weighted by molar-refractivity contribution is -0.139. The summed E-state index contributed by atoms with van der Waals surface area (Å²) in [6, 6.07) is 8.57. The highest BCUT2D eigenvalue weighted by atomic mass is 79.9. The lowest BCUT2D eigenvalue weighted by Crippen LogP contribution is -2.27. The minimum absolute atomic E-state index is 0.255. The van der Waals surface area contributed by atoms with Crippen LogP contribution in [0.1, 0.15) is 17.6 Å². The van der Waals surface area contributed by atoms with Crippen LogP contribution in [0.5, 0.6) is 0 Å². The molecule has 5 nitrogen and oxygen atoms in total. The largest absolute Gasteiger partial charge is 0.480 e. The molecule has 2 N–H and O–H groups in total. The highest BCUT2D eigenvalue weighted by Crippen LogP contribution is 2.27. The maximum absolute atomic E-state index is 11.2. The first-order valence-electron chi connectivity index (χ1n) is 6.03. The van der Waals surface area contributed by atoms with Crippen molar-refractivity contribution in [3.05, 3.63) is 46.3 Å². The predicted molar refractivity (Wildman–Crippen MR) is 79.3 cm³/mol. The number of rotatable bonds is 4. The van der Waals surface area contributed by atoms with Crippen molar-refractivity contribution in [2.75, 3.05) is 7.05 Å². The molecule has 1 atom stereocenters.